The van der Waals surface area contributed by atoms with Crippen LogP contribution < -0.4 is 16.0 Å². The third kappa shape index (κ3) is 3.50. The molecule has 9 heteroatoms. The van der Waals surface area contributed by atoms with E-state index in [0.717, 1.165) is 0 Å². The number of furan rings is 1. The molecule has 2 rings (SSSR count). The van der Waals surface area contributed by atoms with Gasteiger partial charge >= 0.3 is 5.69 Å². The number of nitrogens with one attached hydrogen (secondary N) is 1. The van der Waals surface area contributed by atoms with Gasteiger partial charge in [0, 0.05) is 17.2 Å². The van der Waals surface area contributed by atoms with Gasteiger partial charge in [-0.2, -0.15) is 0 Å². The molecule has 0 unspecified atom stereocenters. The lowest BCUT2D eigenvalue weighted by Crippen LogP contribution is -2.29. The van der Waals surface area contributed by atoms with Crippen molar-refractivity contribution in [3.05, 3.63) is 57.0 Å². The molecule has 1 amide bonds. The average molecular weight is 312 g/mol. The van der Waals surface area contributed by atoms with Crippen LogP contribution in [-0.4, -0.2) is 10.8 Å². The van der Waals surface area contributed by atoms with Crippen molar-refractivity contribution in [3.8, 4) is 5.75 Å². The fraction of sp³-hybridized carbons (Fsp3) is 0.0833. The second kappa shape index (κ2) is 6.25. The summed E-state index contributed by atoms with van der Waals surface area (Å²) in [6, 6.07) is 5.38. The lowest BCUT2D eigenvalue weighted by Gasteiger charge is -2.05. The molecule has 0 saturated heterocycles. The summed E-state index contributed by atoms with van der Waals surface area (Å²) in [5.74, 6) is 4.79. The van der Waals surface area contributed by atoms with E-state index in [9.17, 15) is 14.9 Å². The molecule has 3 N–H and O–H groups in total. The molecule has 110 valence electrons. The lowest BCUT2D eigenvalue weighted by atomic mass is 10.3. The number of rotatable bonds is 5. The fourth-order valence-electron chi connectivity index (χ4n) is 1.56. The van der Waals surface area contributed by atoms with Crippen molar-refractivity contribution < 1.29 is 18.9 Å². The van der Waals surface area contributed by atoms with Crippen molar-refractivity contribution in [2.75, 3.05) is 0 Å². The number of halogens is 1. The van der Waals surface area contributed by atoms with Crippen LogP contribution in [0.4, 0.5) is 5.69 Å². The van der Waals surface area contributed by atoms with E-state index in [1.807, 2.05) is 5.43 Å². The summed E-state index contributed by atoms with van der Waals surface area (Å²) >= 11 is 5.77. The van der Waals surface area contributed by atoms with Gasteiger partial charge in [0.25, 0.3) is 5.91 Å². The highest BCUT2D eigenvalue weighted by molar-refractivity contribution is 6.30. The zero-order chi connectivity index (χ0) is 15.4. The number of carbonyl (C=O) groups excluding carboxylic acids is 1. The zero-order valence-corrected chi connectivity index (χ0v) is 11.3. The van der Waals surface area contributed by atoms with Crippen LogP contribution in [0.15, 0.2) is 34.9 Å². The Kier molecular flexibility index (Phi) is 4.41. The highest BCUT2D eigenvalue weighted by Crippen LogP contribution is 2.30. The quantitative estimate of drug-likeness (QED) is 0.377. The zero-order valence-electron chi connectivity index (χ0n) is 10.5. The lowest BCUT2D eigenvalue weighted by molar-refractivity contribution is -0.386. The minimum atomic E-state index is -0.582. The van der Waals surface area contributed by atoms with Crippen LogP contribution in [0.2, 0.25) is 5.02 Å². The van der Waals surface area contributed by atoms with Gasteiger partial charge in [-0.3, -0.25) is 20.3 Å². The molecule has 21 heavy (non-hydrogen) atoms. The summed E-state index contributed by atoms with van der Waals surface area (Å²) in [7, 11) is 0. The minimum Gasteiger partial charge on any atom is -0.479 e. The van der Waals surface area contributed by atoms with Gasteiger partial charge in [-0.1, -0.05) is 11.6 Å². The molecule has 1 aromatic carbocycles. The van der Waals surface area contributed by atoms with Crippen molar-refractivity contribution in [1.82, 2.24) is 5.43 Å². The predicted molar refractivity (Wildman–Crippen MR) is 72.8 cm³/mol. The number of nitrogens with zero attached hydrogens (tertiary/aromatic N) is 1. The predicted octanol–water partition coefficient (Wildman–Crippen LogP) is 2.02. The summed E-state index contributed by atoms with van der Waals surface area (Å²) in [6.07, 6.45) is 1.20. The van der Waals surface area contributed by atoms with Crippen LogP contribution in [0.5, 0.6) is 5.75 Å². The van der Waals surface area contributed by atoms with E-state index < -0.39 is 10.8 Å². The van der Waals surface area contributed by atoms with E-state index in [4.69, 9.17) is 26.6 Å². The van der Waals surface area contributed by atoms with Crippen molar-refractivity contribution in [1.29, 1.82) is 0 Å². The highest BCUT2D eigenvalue weighted by Gasteiger charge is 2.16. The topological polar surface area (TPSA) is 121 Å². The van der Waals surface area contributed by atoms with Gasteiger partial charge in [-0.25, -0.2) is 5.84 Å². The van der Waals surface area contributed by atoms with Crippen LogP contribution in [0.25, 0.3) is 0 Å². The Balaban J connectivity index is 2.13. The maximum absolute atomic E-state index is 11.2. The third-order valence-electron chi connectivity index (χ3n) is 2.54. The number of nitrogen functional groups attached to an aromatic ring is 1. The normalized spacial score (nSPS) is 10.2. The maximum atomic E-state index is 11.2. The number of hydrogen-bond acceptors (Lipinski definition) is 6. The summed E-state index contributed by atoms with van der Waals surface area (Å²) in [5.41, 5.74) is 1.96. The number of benzene rings is 1. The van der Waals surface area contributed by atoms with Gasteiger partial charge in [0.15, 0.2) is 5.75 Å². The Morgan fingerprint density at radius 1 is 1.48 bits per heavy atom. The van der Waals surface area contributed by atoms with Gasteiger partial charge < -0.3 is 9.15 Å². The van der Waals surface area contributed by atoms with E-state index in [-0.39, 0.29) is 23.6 Å². The first-order valence-electron chi connectivity index (χ1n) is 5.66. The van der Waals surface area contributed by atoms with Crippen LogP contribution in [-0.2, 0) is 6.61 Å². The average Bonchev–Trinajstić information content (AvgIpc) is 2.93. The molecule has 0 fully saturated rings. The number of ether oxygens (including phenoxy) is 1. The van der Waals surface area contributed by atoms with Gasteiger partial charge in [0.1, 0.15) is 18.6 Å². The van der Waals surface area contributed by atoms with Crippen LogP contribution in [0, 0.1) is 10.1 Å². The maximum Gasteiger partial charge on any atom is 0.311 e. The largest absolute Gasteiger partial charge is 0.479 e. The second-order valence-corrected chi connectivity index (χ2v) is 4.37. The first-order valence-corrected chi connectivity index (χ1v) is 6.04. The van der Waals surface area contributed by atoms with Gasteiger partial charge in [0.2, 0.25) is 0 Å². The van der Waals surface area contributed by atoms with Crippen LogP contribution in [0.3, 0.4) is 0 Å². The van der Waals surface area contributed by atoms with E-state index in [1.165, 1.54) is 30.5 Å². The SMILES string of the molecule is NNC(=O)c1coc(COc2cc(Cl)ccc2[N+](=O)[O-])c1. The van der Waals surface area contributed by atoms with Gasteiger partial charge in [0.05, 0.1) is 10.5 Å². The van der Waals surface area contributed by atoms with E-state index in [1.54, 1.807) is 0 Å². The molecule has 1 aromatic heterocycles. The molecule has 0 radical (unpaired) electrons. The van der Waals surface area contributed by atoms with E-state index in [0.29, 0.717) is 10.8 Å². The number of nitro groups is 1. The Morgan fingerprint density at radius 2 is 2.24 bits per heavy atom. The third-order valence-corrected chi connectivity index (χ3v) is 2.77. The molecule has 0 saturated carbocycles. The Hall–Kier alpha value is -2.58. The molecule has 0 bridgehead atoms. The molecule has 2 aromatic rings. The van der Waals surface area contributed by atoms with Crippen molar-refractivity contribution >= 4 is 23.2 Å². The minimum absolute atomic E-state index is 0.00808. The number of hydrogen-bond donors (Lipinski definition) is 2. The molecule has 0 aliphatic carbocycles. The summed E-state index contributed by atoms with van der Waals surface area (Å²) in [6.45, 7) is -0.0982. The standard InChI is InChI=1S/C12H10ClN3O5/c13-8-1-2-10(16(18)19)11(4-8)21-6-9-3-7(5-20-9)12(17)15-14/h1-5H,6,14H2,(H,15,17). The van der Waals surface area contributed by atoms with Crippen molar-refractivity contribution in [2.45, 2.75) is 6.61 Å². The molecule has 1 heterocycles. The van der Waals surface area contributed by atoms with Crippen LogP contribution in [0.1, 0.15) is 16.1 Å². The molecular weight excluding hydrogens is 302 g/mol. The first-order chi connectivity index (χ1) is 10.0. The molecule has 0 aliphatic heterocycles. The first kappa shape index (κ1) is 14.8. The monoisotopic (exact) mass is 311 g/mol. The van der Waals surface area contributed by atoms with E-state index >= 15 is 0 Å². The number of carbonyl (C=O) groups is 1. The van der Waals surface area contributed by atoms with Gasteiger partial charge in [-0.05, 0) is 12.1 Å². The Bertz CT molecular complexity index is 685. The highest BCUT2D eigenvalue weighted by atomic mass is 35.5. The fourth-order valence-corrected chi connectivity index (χ4v) is 1.72. The van der Waals surface area contributed by atoms with E-state index in [2.05, 4.69) is 0 Å². The summed E-state index contributed by atoms with van der Waals surface area (Å²) < 4.78 is 10.4. The molecule has 0 aliphatic rings. The number of hydrazine groups is 1. The summed E-state index contributed by atoms with van der Waals surface area (Å²) in [5, 5.41) is 11.2. The van der Waals surface area contributed by atoms with Crippen LogP contribution >= 0.6 is 11.6 Å². The molecule has 0 atom stereocenters. The Labute approximate surface area is 123 Å². The summed E-state index contributed by atoms with van der Waals surface area (Å²) in [4.78, 5) is 21.5. The molecule has 8 nitrogen and oxygen atoms in total. The Morgan fingerprint density at radius 3 is 2.90 bits per heavy atom. The second-order valence-electron chi connectivity index (χ2n) is 3.93. The van der Waals surface area contributed by atoms with Gasteiger partial charge in [-0.15, -0.1) is 0 Å². The number of nitrogens with two attached hydrogens (primary N) is 1. The number of nitro benzene ring substituents is 1. The molecular formula is C12H10ClN3O5. The smallest absolute Gasteiger partial charge is 0.311 e. The van der Waals surface area contributed by atoms with Crippen molar-refractivity contribution in [3.63, 3.8) is 0 Å². The number of amides is 1. The molecule has 0 spiro atoms. The van der Waals surface area contributed by atoms with Crippen molar-refractivity contribution in [2.24, 2.45) is 5.84 Å².